The summed E-state index contributed by atoms with van der Waals surface area (Å²) in [7, 11) is 0. The van der Waals surface area contributed by atoms with E-state index in [1.807, 2.05) is 32.9 Å². The highest BCUT2D eigenvalue weighted by atomic mass is 32.2. The number of rotatable bonds is 2. The summed E-state index contributed by atoms with van der Waals surface area (Å²) in [5.74, 6) is 0.839. The van der Waals surface area contributed by atoms with E-state index in [0.717, 1.165) is 37.3 Å². The number of oxazole rings is 1. The average Bonchev–Trinajstić information content (AvgIpc) is 2.82. The molecule has 0 aliphatic rings. The monoisotopic (exact) mass is 291 g/mol. The molecule has 3 rings (SSSR count). The van der Waals surface area contributed by atoms with Gasteiger partial charge >= 0.3 is 0 Å². The maximum atomic E-state index is 6.08. The van der Waals surface area contributed by atoms with Gasteiger partial charge < -0.3 is 10.2 Å². The first kappa shape index (κ1) is 12.5. The van der Waals surface area contributed by atoms with Gasteiger partial charge in [0.1, 0.15) is 5.76 Å². The molecule has 0 bridgehead atoms. The molecule has 2 heterocycles. The predicted molar refractivity (Wildman–Crippen MR) is 78.9 cm³/mol. The number of hydrogen-bond acceptors (Lipinski definition) is 6. The van der Waals surface area contributed by atoms with E-state index in [4.69, 9.17) is 10.2 Å². The number of nitrogens with two attached hydrogens (primary N) is 1. The standard InChI is InChI=1S/C13H13N3OS2/c1-6-7(2)17-13(15-6)19-11-5-10-12(4-9(11)14)18-8(3)16-10/h4-5H,14H2,1-3H3. The molecule has 2 N–H and O–H groups in total. The molecule has 98 valence electrons. The molecule has 0 aliphatic carbocycles. The number of aromatic nitrogens is 2. The normalized spacial score (nSPS) is 11.3. The van der Waals surface area contributed by atoms with E-state index in [2.05, 4.69) is 9.97 Å². The SMILES string of the molecule is Cc1nc2cc(Sc3nc(C)c(C)o3)c(N)cc2s1. The van der Waals surface area contributed by atoms with Crippen LogP contribution in [0.1, 0.15) is 16.5 Å². The summed E-state index contributed by atoms with van der Waals surface area (Å²) in [6.45, 7) is 5.83. The third-order valence-corrected chi connectivity index (χ3v) is 4.69. The Hall–Kier alpha value is -1.53. The summed E-state index contributed by atoms with van der Waals surface area (Å²) in [5, 5.41) is 1.66. The van der Waals surface area contributed by atoms with Gasteiger partial charge in [-0.15, -0.1) is 11.3 Å². The van der Waals surface area contributed by atoms with Gasteiger partial charge in [-0.1, -0.05) is 0 Å². The number of fused-ring (bicyclic) bond motifs is 1. The Kier molecular flexibility index (Phi) is 2.99. The maximum Gasteiger partial charge on any atom is 0.261 e. The van der Waals surface area contributed by atoms with E-state index in [1.165, 1.54) is 11.8 Å². The van der Waals surface area contributed by atoms with Crippen molar-refractivity contribution in [2.24, 2.45) is 0 Å². The molecule has 0 saturated carbocycles. The van der Waals surface area contributed by atoms with E-state index in [-0.39, 0.29) is 0 Å². The number of hydrogen-bond donors (Lipinski definition) is 1. The van der Waals surface area contributed by atoms with Crippen LogP contribution in [0.25, 0.3) is 10.2 Å². The number of aryl methyl sites for hydroxylation is 3. The summed E-state index contributed by atoms with van der Waals surface area (Å²) in [4.78, 5) is 9.76. The third kappa shape index (κ3) is 2.33. The van der Waals surface area contributed by atoms with Crippen LogP contribution in [0.4, 0.5) is 5.69 Å². The smallest absolute Gasteiger partial charge is 0.261 e. The Balaban J connectivity index is 2.02. The van der Waals surface area contributed by atoms with E-state index < -0.39 is 0 Å². The van der Waals surface area contributed by atoms with Crippen LogP contribution < -0.4 is 5.73 Å². The highest BCUT2D eigenvalue weighted by Gasteiger charge is 2.12. The molecule has 4 nitrogen and oxygen atoms in total. The van der Waals surface area contributed by atoms with E-state index >= 15 is 0 Å². The molecular weight excluding hydrogens is 278 g/mol. The van der Waals surface area contributed by atoms with Crippen LogP contribution in [0.15, 0.2) is 26.7 Å². The first-order chi connectivity index (χ1) is 9.02. The number of thiazole rings is 1. The second-order valence-electron chi connectivity index (χ2n) is 4.31. The first-order valence-corrected chi connectivity index (χ1v) is 7.45. The predicted octanol–water partition coefficient (Wildman–Crippen LogP) is 3.94. The number of nitrogen functional groups attached to an aromatic ring is 1. The summed E-state index contributed by atoms with van der Waals surface area (Å²) < 4.78 is 6.68. The first-order valence-electron chi connectivity index (χ1n) is 5.81. The Morgan fingerprint density at radius 2 is 2.00 bits per heavy atom. The molecule has 0 saturated heterocycles. The van der Waals surface area contributed by atoms with Crippen LogP contribution in [0.3, 0.4) is 0 Å². The summed E-state index contributed by atoms with van der Waals surface area (Å²) in [6, 6.07) is 3.96. The van der Waals surface area contributed by atoms with Crippen molar-refractivity contribution in [3.05, 3.63) is 28.6 Å². The van der Waals surface area contributed by atoms with Crippen LogP contribution in [0.5, 0.6) is 0 Å². The molecule has 19 heavy (non-hydrogen) atoms. The lowest BCUT2D eigenvalue weighted by Crippen LogP contribution is -1.88. The fraction of sp³-hybridized carbons (Fsp3) is 0.231. The van der Waals surface area contributed by atoms with Crippen LogP contribution in [-0.2, 0) is 0 Å². The zero-order valence-electron chi connectivity index (χ0n) is 10.9. The van der Waals surface area contributed by atoms with Gasteiger partial charge in [-0.2, -0.15) is 0 Å². The van der Waals surface area contributed by atoms with Gasteiger partial charge in [-0.25, -0.2) is 9.97 Å². The van der Waals surface area contributed by atoms with Crippen LogP contribution in [0.2, 0.25) is 0 Å². The lowest BCUT2D eigenvalue weighted by atomic mass is 10.3. The molecule has 2 aromatic heterocycles. The van der Waals surface area contributed by atoms with Crippen molar-refractivity contribution in [2.75, 3.05) is 5.73 Å². The van der Waals surface area contributed by atoms with Gasteiger partial charge in [-0.3, -0.25) is 0 Å². The molecule has 0 unspecified atom stereocenters. The summed E-state index contributed by atoms with van der Waals surface area (Å²) >= 11 is 3.08. The zero-order chi connectivity index (χ0) is 13.6. The van der Waals surface area contributed by atoms with Gasteiger partial charge in [0.25, 0.3) is 5.22 Å². The quantitative estimate of drug-likeness (QED) is 0.724. The topological polar surface area (TPSA) is 64.9 Å². The number of benzene rings is 1. The highest BCUT2D eigenvalue weighted by Crippen LogP contribution is 2.36. The zero-order valence-corrected chi connectivity index (χ0v) is 12.5. The lowest BCUT2D eigenvalue weighted by molar-refractivity contribution is 0.431. The Labute approximate surface area is 119 Å². The van der Waals surface area contributed by atoms with Gasteiger partial charge in [0.2, 0.25) is 0 Å². The lowest BCUT2D eigenvalue weighted by Gasteiger charge is -2.02. The van der Waals surface area contributed by atoms with Crippen molar-refractivity contribution in [3.63, 3.8) is 0 Å². The van der Waals surface area contributed by atoms with Gasteiger partial charge in [0.15, 0.2) is 0 Å². The Bertz CT molecular complexity index is 741. The largest absolute Gasteiger partial charge is 0.436 e. The number of anilines is 1. The van der Waals surface area contributed by atoms with Crippen LogP contribution >= 0.6 is 23.1 Å². The van der Waals surface area contributed by atoms with Crippen molar-refractivity contribution < 1.29 is 4.42 Å². The van der Waals surface area contributed by atoms with Crippen LogP contribution in [0, 0.1) is 20.8 Å². The van der Waals surface area contributed by atoms with E-state index in [1.54, 1.807) is 11.3 Å². The molecule has 6 heteroatoms. The van der Waals surface area contributed by atoms with Crippen LogP contribution in [-0.4, -0.2) is 9.97 Å². The third-order valence-electron chi connectivity index (χ3n) is 2.83. The van der Waals surface area contributed by atoms with Gasteiger partial charge in [-0.05, 0) is 44.7 Å². The second kappa shape index (κ2) is 4.54. The summed E-state index contributed by atoms with van der Waals surface area (Å²) in [5.41, 5.74) is 8.69. The minimum atomic E-state index is 0.619. The molecule has 0 amide bonds. The molecule has 0 atom stereocenters. The van der Waals surface area contributed by atoms with Crippen molar-refractivity contribution in [3.8, 4) is 0 Å². The fourth-order valence-electron chi connectivity index (χ4n) is 1.76. The molecule has 0 radical (unpaired) electrons. The summed E-state index contributed by atoms with van der Waals surface area (Å²) in [6.07, 6.45) is 0. The molecule has 1 aromatic carbocycles. The molecule has 3 aromatic rings. The van der Waals surface area contributed by atoms with Crippen molar-refractivity contribution in [1.29, 1.82) is 0 Å². The average molecular weight is 291 g/mol. The van der Waals surface area contributed by atoms with E-state index in [0.29, 0.717) is 5.22 Å². The fourth-order valence-corrected chi connectivity index (χ4v) is 3.50. The van der Waals surface area contributed by atoms with Gasteiger partial charge in [0.05, 0.1) is 20.9 Å². The van der Waals surface area contributed by atoms with E-state index in [9.17, 15) is 0 Å². The molecular formula is C13H13N3OS2. The minimum absolute atomic E-state index is 0.619. The maximum absolute atomic E-state index is 6.08. The molecule has 0 fully saturated rings. The number of nitrogens with zero attached hydrogens (tertiary/aromatic N) is 2. The van der Waals surface area contributed by atoms with Crippen molar-refractivity contribution in [2.45, 2.75) is 30.9 Å². The van der Waals surface area contributed by atoms with Crippen molar-refractivity contribution >= 4 is 39.0 Å². The Morgan fingerprint density at radius 3 is 2.68 bits per heavy atom. The molecule has 0 aliphatic heterocycles. The minimum Gasteiger partial charge on any atom is -0.436 e. The second-order valence-corrected chi connectivity index (χ2v) is 6.54. The highest BCUT2D eigenvalue weighted by molar-refractivity contribution is 7.99. The molecule has 0 spiro atoms. The Morgan fingerprint density at radius 1 is 1.21 bits per heavy atom. The van der Waals surface area contributed by atoms with Crippen molar-refractivity contribution in [1.82, 2.24) is 9.97 Å². The van der Waals surface area contributed by atoms with Gasteiger partial charge in [0, 0.05) is 10.6 Å².